The van der Waals surface area contributed by atoms with Gasteiger partial charge in [-0.1, -0.05) is 133 Å². The first-order chi connectivity index (χ1) is 29.3. The van der Waals surface area contributed by atoms with Crippen LogP contribution in [0.1, 0.15) is 0 Å². The monoisotopic (exact) mass is 752 g/mol. The lowest BCUT2D eigenvalue weighted by Crippen LogP contribution is -2.04. The van der Waals surface area contributed by atoms with Crippen LogP contribution in [0, 0.1) is 0 Å². The molecule has 0 unspecified atom stereocenters. The average Bonchev–Trinajstić information content (AvgIpc) is 3.96. The molecule has 4 aromatic heterocycles. The average molecular weight is 753 g/mol. The van der Waals surface area contributed by atoms with E-state index in [0.717, 1.165) is 88.2 Å². The predicted octanol–water partition coefficient (Wildman–Crippen LogP) is 14.2. The first-order valence-electron chi connectivity index (χ1n) is 20.0. The van der Waals surface area contributed by atoms with Crippen LogP contribution in [0.2, 0.25) is 0 Å². The third-order valence-corrected chi connectivity index (χ3v) is 12.1. The second kappa shape index (κ2) is 12.2. The van der Waals surface area contributed by atoms with Crippen LogP contribution in [0.3, 0.4) is 0 Å². The molecule has 13 rings (SSSR count). The molecule has 5 nitrogen and oxygen atoms in total. The second-order valence-corrected chi connectivity index (χ2v) is 15.3. The molecule has 0 spiro atoms. The van der Waals surface area contributed by atoms with E-state index in [1.165, 1.54) is 27.1 Å². The molecule has 0 amide bonds. The van der Waals surface area contributed by atoms with Gasteiger partial charge in [0.25, 0.3) is 0 Å². The smallest absolute Gasteiger partial charge is 0.235 e. The lowest BCUT2D eigenvalue weighted by Gasteiger charge is -2.14. The zero-order chi connectivity index (χ0) is 38.6. The van der Waals surface area contributed by atoms with Crippen LogP contribution in [0.15, 0.2) is 199 Å². The number of hydrogen-bond donors (Lipinski definition) is 0. The number of hydrogen-bond acceptors (Lipinski definition) is 3. The van der Waals surface area contributed by atoms with Crippen LogP contribution in [0.25, 0.3) is 121 Å². The summed E-state index contributed by atoms with van der Waals surface area (Å²) in [6.07, 6.45) is 0. The minimum atomic E-state index is 0.608. The summed E-state index contributed by atoms with van der Waals surface area (Å²) in [5.41, 5.74) is 12.2. The Morgan fingerprint density at radius 2 is 1.07 bits per heavy atom. The van der Waals surface area contributed by atoms with Crippen molar-refractivity contribution in [2.45, 2.75) is 0 Å². The predicted molar refractivity (Wildman–Crippen MR) is 244 cm³/mol. The van der Waals surface area contributed by atoms with Crippen LogP contribution < -0.4 is 0 Å². The van der Waals surface area contributed by atoms with Gasteiger partial charge in [-0.2, -0.15) is 0 Å². The molecular formula is C54H32N4O. The Morgan fingerprint density at radius 3 is 1.93 bits per heavy atom. The highest BCUT2D eigenvalue weighted by Gasteiger charge is 2.25. The molecule has 274 valence electrons. The molecule has 0 fully saturated rings. The first kappa shape index (κ1) is 32.1. The number of furan rings is 1. The van der Waals surface area contributed by atoms with Gasteiger partial charge in [0.2, 0.25) is 5.95 Å². The van der Waals surface area contributed by atoms with Crippen molar-refractivity contribution in [3.05, 3.63) is 194 Å². The van der Waals surface area contributed by atoms with E-state index in [4.69, 9.17) is 14.4 Å². The summed E-state index contributed by atoms with van der Waals surface area (Å²) in [5.74, 6) is 0.608. The molecule has 0 saturated heterocycles. The fourth-order valence-corrected chi connectivity index (χ4v) is 9.48. The molecule has 0 aliphatic carbocycles. The van der Waals surface area contributed by atoms with Crippen LogP contribution in [0.4, 0.5) is 0 Å². The molecule has 4 heterocycles. The summed E-state index contributed by atoms with van der Waals surface area (Å²) in [5, 5.41) is 10.1. The van der Waals surface area contributed by atoms with E-state index in [1.807, 2.05) is 6.07 Å². The van der Waals surface area contributed by atoms with Gasteiger partial charge in [-0.15, -0.1) is 0 Å². The number of rotatable bonds is 4. The summed E-state index contributed by atoms with van der Waals surface area (Å²) >= 11 is 0. The van der Waals surface area contributed by atoms with Gasteiger partial charge in [-0.3, -0.25) is 4.57 Å². The Balaban J connectivity index is 1.17. The molecule has 0 aliphatic rings. The third-order valence-electron chi connectivity index (χ3n) is 12.1. The van der Waals surface area contributed by atoms with E-state index in [0.29, 0.717) is 5.95 Å². The second-order valence-electron chi connectivity index (χ2n) is 15.3. The molecule has 0 atom stereocenters. The quantitative estimate of drug-likeness (QED) is 0.180. The molecular weight excluding hydrogens is 721 g/mol. The number of para-hydroxylation sites is 5. The van der Waals surface area contributed by atoms with Gasteiger partial charge in [0.15, 0.2) is 0 Å². The SMILES string of the molecule is c1ccc(-n2c3ccccc3c3cc(-c4cc5c6ccccc6oc5c5c6ccccc6n(-c6nc(-c7ccc8ccccc8c7)c7ccccc7n6)c45)ccc32)cc1. The lowest BCUT2D eigenvalue weighted by atomic mass is 9.97. The Bertz CT molecular complexity index is 3850. The fraction of sp³-hybridized carbons (Fsp3) is 0. The zero-order valence-corrected chi connectivity index (χ0v) is 31.7. The van der Waals surface area contributed by atoms with Crippen LogP contribution in [-0.4, -0.2) is 19.1 Å². The largest absolute Gasteiger partial charge is 0.455 e. The van der Waals surface area contributed by atoms with Crippen molar-refractivity contribution in [2.75, 3.05) is 0 Å². The normalized spacial score (nSPS) is 12.1. The van der Waals surface area contributed by atoms with Crippen molar-refractivity contribution in [3.63, 3.8) is 0 Å². The van der Waals surface area contributed by atoms with Crippen LogP contribution in [-0.2, 0) is 0 Å². The van der Waals surface area contributed by atoms with Gasteiger partial charge in [0.05, 0.1) is 38.7 Å². The summed E-state index contributed by atoms with van der Waals surface area (Å²) in [6.45, 7) is 0. The number of aromatic nitrogens is 4. The van der Waals surface area contributed by atoms with Crippen molar-refractivity contribution in [1.82, 2.24) is 19.1 Å². The highest BCUT2D eigenvalue weighted by atomic mass is 16.3. The molecule has 5 heteroatoms. The van der Waals surface area contributed by atoms with E-state index in [-0.39, 0.29) is 0 Å². The van der Waals surface area contributed by atoms with E-state index in [2.05, 4.69) is 197 Å². The Hall–Kier alpha value is -8.02. The minimum Gasteiger partial charge on any atom is -0.455 e. The molecule has 9 aromatic carbocycles. The van der Waals surface area contributed by atoms with E-state index >= 15 is 0 Å². The molecule has 0 radical (unpaired) electrons. The third kappa shape index (κ3) is 4.67. The number of benzene rings is 9. The first-order valence-corrected chi connectivity index (χ1v) is 20.0. The van der Waals surface area contributed by atoms with E-state index in [9.17, 15) is 0 Å². The van der Waals surface area contributed by atoms with Gasteiger partial charge in [0.1, 0.15) is 11.2 Å². The summed E-state index contributed by atoms with van der Waals surface area (Å²) < 4.78 is 11.5. The van der Waals surface area contributed by atoms with Gasteiger partial charge in [0, 0.05) is 49.1 Å². The van der Waals surface area contributed by atoms with Crippen molar-refractivity contribution in [1.29, 1.82) is 0 Å². The molecule has 59 heavy (non-hydrogen) atoms. The van der Waals surface area contributed by atoms with Crippen molar-refractivity contribution < 1.29 is 4.42 Å². The Morgan fingerprint density at radius 1 is 0.407 bits per heavy atom. The standard InChI is InChI=1S/C54H32N4O/c1-2-16-37(17-3-1)57-46-23-11-7-18-38(46)43-31-35(28-29-48(43)57)42-32-44-39-19-9-13-25-49(39)59-53(44)50-41-21-8-12-24-47(41)58(52(42)50)54-55-45-22-10-6-20-40(45)51(56-54)36-27-26-33-14-4-5-15-34(33)30-36/h1-32H. The summed E-state index contributed by atoms with van der Waals surface area (Å²) in [6, 6.07) is 68.9. The Kier molecular flexibility index (Phi) is 6.66. The van der Waals surface area contributed by atoms with Crippen LogP contribution >= 0.6 is 0 Å². The molecule has 0 saturated carbocycles. The summed E-state index contributed by atoms with van der Waals surface area (Å²) in [7, 11) is 0. The topological polar surface area (TPSA) is 48.8 Å². The number of fused-ring (bicyclic) bond motifs is 12. The highest BCUT2D eigenvalue weighted by Crippen LogP contribution is 2.46. The van der Waals surface area contributed by atoms with Crippen molar-refractivity contribution in [3.8, 4) is 34.0 Å². The maximum atomic E-state index is 6.84. The maximum absolute atomic E-state index is 6.84. The van der Waals surface area contributed by atoms with E-state index in [1.54, 1.807) is 0 Å². The van der Waals surface area contributed by atoms with Gasteiger partial charge < -0.3 is 8.98 Å². The molecule has 0 bridgehead atoms. The molecule has 0 aliphatic heterocycles. The van der Waals surface area contributed by atoms with Gasteiger partial charge in [-0.25, -0.2) is 9.97 Å². The lowest BCUT2D eigenvalue weighted by molar-refractivity contribution is 0.673. The number of nitrogens with zero attached hydrogens (tertiary/aromatic N) is 4. The van der Waals surface area contributed by atoms with Crippen LogP contribution in [0.5, 0.6) is 0 Å². The van der Waals surface area contributed by atoms with E-state index < -0.39 is 0 Å². The van der Waals surface area contributed by atoms with Crippen molar-refractivity contribution in [2.24, 2.45) is 0 Å². The molecule has 0 N–H and O–H groups in total. The van der Waals surface area contributed by atoms with Crippen molar-refractivity contribution >= 4 is 87.2 Å². The molecule has 13 aromatic rings. The zero-order valence-electron chi connectivity index (χ0n) is 31.7. The fourth-order valence-electron chi connectivity index (χ4n) is 9.48. The Labute approximate surface area is 337 Å². The minimum absolute atomic E-state index is 0.608. The summed E-state index contributed by atoms with van der Waals surface area (Å²) in [4.78, 5) is 10.9. The highest BCUT2D eigenvalue weighted by molar-refractivity contribution is 6.27. The van der Waals surface area contributed by atoms with Gasteiger partial charge >= 0.3 is 0 Å². The maximum Gasteiger partial charge on any atom is 0.235 e. The van der Waals surface area contributed by atoms with Gasteiger partial charge in [-0.05, 0) is 77.0 Å².